The summed E-state index contributed by atoms with van der Waals surface area (Å²) in [6.07, 6.45) is 9.97. The molecule has 0 amide bonds. The van der Waals surface area contributed by atoms with Gasteiger partial charge in [0.25, 0.3) is 0 Å². The van der Waals surface area contributed by atoms with E-state index in [2.05, 4.69) is 50.3 Å². The molecular weight excluding hydrogens is 232 g/mol. The molecule has 0 heterocycles. The van der Waals surface area contributed by atoms with Crippen LogP contribution in [0, 0.1) is 0 Å². The summed E-state index contributed by atoms with van der Waals surface area (Å²) in [5, 5.41) is 1.62. The number of unbranched alkanes of at least 4 members (excludes halogenated alkanes) is 6. The average molecular weight is 263 g/mol. The minimum atomic E-state index is -1.15. The van der Waals surface area contributed by atoms with E-state index in [9.17, 15) is 0 Å². The molecule has 102 valence electrons. The zero-order valence-electron chi connectivity index (χ0n) is 12.5. The highest BCUT2D eigenvalue weighted by Gasteiger charge is 2.21. The molecule has 0 aliphatic heterocycles. The Balaban J connectivity index is 2.18. The van der Waals surface area contributed by atoms with Crippen LogP contribution in [-0.2, 0) is 0 Å². The molecule has 0 saturated heterocycles. The molecule has 0 N–H and O–H groups in total. The summed E-state index contributed by atoms with van der Waals surface area (Å²) >= 11 is 0. The number of benzene rings is 1. The first-order valence-electron chi connectivity index (χ1n) is 7.72. The van der Waals surface area contributed by atoms with Crippen molar-refractivity contribution < 1.29 is 0 Å². The Morgan fingerprint density at radius 2 is 1.33 bits per heavy atom. The third kappa shape index (κ3) is 5.86. The molecule has 18 heavy (non-hydrogen) atoms. The fourth-order valence-corrected chi connectivity index (χ4v) is 5.08. The van der Waals surface area contributed by atoms with Crippen molar-refractivity contribution in [3.8, 4) is 0 Å². The summed E-state index contributed by atoms with van der Waals surface area (Å²) in [5.41, 5.74) is 0. The van der Waals surface area contributed by atoms with Gasteiger partial charge in [0.1, 0.15) is 0 Å². The smallest absolute Gasteiger partial charge is 0.0654 e. The Labute approximate surface area is 115 Å². The van der Waals surface area contributed by atoms with Gasteiger partial charge in [0.2, 0.25) is 0 Å². The maximum atomic E-state index is 2.51. The van der Waals surface area contributed by atoms with Gasteiger partial charge in [-0.3, -0.25) is 0 Å². The Kier molecular flexibility index (Phi) is 7.34. The van der Waals surface area contributed by atoms with Crippen molar-refractivity contribution in [1.29, 1.82) is 0 Å². The molecule has 0 nitrogen and oxygen atoms in total. The van der Waals surface area contributed by atoms with Crippen molar-refractivity contribution in [3.05, 3.63) is 30.3 Å². The van der Waals surface area contributed by atoms with Crippen molar-refractivity contribution in [2.24, 2.45) is 0 Å². The van der Waals surface area contributed by atoms with E-state index in [1.54, 1.807) is 5.19 Å². The SMILES string of the molecule is CCCCCCCCC[Si](C)(C)c1ccccc1. The van der Waals surface area contributed by atoms with Crippen LogP contribution < -0.4 is 5.19 Å². The molecule has 1 heteroatoms. The molecule has 1 aromatic carbocycles. The van der Waals surface area contributed by atoms with Crippen molar-refractivity contribution >= 4 is 13.3 Å². The maximum absolute atomic E-state index is 2.51. The van der Waals surface area contributed by atoms with Gasteiger partial charge in [0, 0.05) is 0 Å². The minimum Gasteiger partial charge on any atom is -0.0654 e. The second kappa shape index (κ2) is 8.52. The van der Waals surface area contributed by atoms with Crippen LogP contribution in [-0.4, -0.2) is 8.07 Å². The van der Waals surface area contributed by atoms with Crippen molar-refractivity contribution in [2.75, 3.05) is 0 Å². The first kappa shape index (κ1) is 15.5. The van der Waals surface area contributed by atoms with Gasteiger partial charge < -0.3 is 0 Å². The molecule has 0 fully saturated rings. The van der Waals surface area contributed by atoms with E-state index in [0.717, 1.165) is 0 Å². The third-order valence-electron chi connectivity index (χ3n) is 3.96. The Morgan fingerprint density at radius 1 is 0.778 bits per heavy atom. The van der Waals surface area contributed by atoms with Crippen molar-refractivity contribution in [2.45, 2.75) is 71.0 Å². The van der Waals surface area contributed by atoms with Gasteiger partial charge in [-0.15, -0.1) is 0 Å². The summed E-state index contributed by atoms with van der Waals surface area (Å²) in [4.78, 5) is 0. The normalized spacial score (nSPS) is 11.7. The van der Waals surface area contributed by atoms with E-state index in [1.165, 1.54) is 51.0 Å². The minimum absolute atomic E-state index is 1.15. The molecule has 0 aliphatic carbocycles. The number of rotatable bonds is 9. The lowest BCUT2D eigenvalue weighted by Crippen LogP contribution is -2.40. The fraction of sp³-hybridized carbons (Fsp3) is 0.647. The number of hydrogen-bond acceptors (Lipinski definition) is 0. The van der Waals surface area contributed by atoms with Crippen LogP contribution in [0.25, 0.3) is 0 Å². The van der Waals surface area contributed by atoms with E-state index >= 15 is 0 Å². The quantitative estimate of drug-likeness (QED) is 0.415. The molecule has 0 saturated carbocycles. The lowest BCUT2D eigenvalue weighted by molar-refractivity contribution is 0.600. The molecular formula is C17H30Si. The van der Waals surface area contributed by atoms with Gasteiger partial charge in [-0.25, -0.2) is 0 Å². The molecule has 1 aromatic rings. The van der Waals surface area contributed by atoms with E-state index in [-0.39, 0.29) is 0 Å². The predicted octanol–water partition coefficient (Wildman–Crippen LogP) is 5.35. The van der Waals surface area contributed by atoms with E-state index in [4.69, 9.17) is 0 Å². The monoisotopic (exact) mass is 262 g/mol. The van der Waals surface area contributed by atoms with Gasteiger partial charge in [-0.2, -0.15) is 0 Å². The van der Waals surface area contributed by atoms with Crippen LogP contribution in [0.5, 0.6) is 0 Å². The van der Waals surface area contributed by atoms with E-state index < -0.39 is 8.07 Å². The topological polar surface area (TPSA) is 0 Å². The number of hydrogen-bond donors (Lipinski definition) is 0. The molecule has 0 aliphatic rings. The molecule has 1 rings (SSSR count). The highest BCUT2D eigenvalue weighted by molar-refractivity contribution is 6.89. The first-order valence-corrected chi connectivity index (χ1v) is 10.9. The Bertz CT molecular complexity index is 303. The Hall–Kier alpha value is -0.563. The summed E-state index contributed by atoms with van der Waals surface area (Å²) in [6.45, 7) is 7.31. The molecule has 0 aromatic heterocycles. The van der Waals surface area contributed by atoms with Gasteiger partial charge >= 0.3 is 0 Å². The van der Waals surface area contributed by atoms with Gasteiger partial charge in [-0.1, -0.05) is 107 Å². The van der Waals surface area contributed by atoms with Crippen LogP contribution in [0.4, 0.5) is 0 Å². The van der Waals surface area contributed by atoms with E-state index in [0.29, 0.717) is 0 Å². The van der Waals surface area contributed by atoms with Crippen LogP contribution in [0.3, 0.4) is 0 Å². The predicted molar refractivity (Wildman–Crippen MR) is 86.4 cm³/mol. The molecule has 0 unspecified atom stereocenters. The third-order valence-corrected chi connectivity index (χ3v) is 7.46. The largest absolute Gasteiger partial charge is 0.0806 e. The zero-order valence-corrected chi connectivity index (χ0v) is 13.5. The average Bonchev–Trinajstić information content (AvgIpc) is 2.39. The summed E-state index contributed by atoms with van der Waals surface area (Å²) in [6, 6.07) is 12.6. The molecule has 0 radical (unpaired) electrons. The van der Waals surface area contributed by atoms with Crippen molar-refractivity contribution in [3.63, 3.8) is 0 Å². The highest BCUT2D eigenvalue weighted by atomic mass is 28.3. The van der Waals surface area contributed by atoms with Gasteiger partial charge in [0.15, 0.2) is 0 Å². The first-order chi connectivity index (χ1) is 8.67. The second-order valence-electron chi connectivity index (χ2n) is 6.12. The summed E-state index contributed by atoms with van der Waals surface area (Å²) in [5.74, 6) is 0. The standard InChI is InChI=1S/C17H30Si/c1-4-5-6-7-8-9-13-16-18(2,3)17-14-11-10-12-15-17/h10-12,14-15H,4-9,13,16H2,1-3H3. The van der Waals surface area contributed by atoms with Crippen LogP contribution in [0.15, 0.2) is 30.3 Å². The summed E-state index contributed by atoms with van der Waals surface area (Å²) in [7, 11) is -1.15. The fourth-order valence-electron chi connectivity index (χ4n) is 2.56. The Morgan fingerprint density at radius 3 is 1.94 bits per heavy atom. The zero-order chi connectivity index (χ0) is 13.3. The summed E-state index contributed by atoms with van der Waals surface area (Å²) < 4.78 is 0. The molecule has 0 bridgehead atoms. The van der Waals surface area contributed by atoms with Crippen LogP contribution in [0.2, 0.25) is 19.1 Å². The van der Waals surface area contributed by atoms with Crippen LogP contribution >= 0.6 is 0 Å². The lowest BCUT2D eigenvalue weighted by atomic mass is 10.1. The van der Waals surface area contributed by atoms with Gasteiger partial charge in [0.05, 0.1) is 8.07 Å². The second-order valence-corrected chi connectivity index (χ2v) is 11.0. The van der Waals surface area contributed by atoms with Crippen molar-refractivity contribution in [1.82, 2.24) is 0 Å². The van der Waals surface area contributed by atoms with Crippen LogP contribution in [0.1, 0.15) is 51.9 Å². The van der Waals surface area contributed by atoms with E-state index in [1.807, 2.05) is 0 Å². The molecule has 0 atom stereocenters. The van der Waals surface area contributed by atoms with Gasteiger partial charge in [-0.05, 0) is 0 Å². The maximum Gasteiger partial charge on any atom is 0.0806 e. The molecule has 0 spiro atoms. The lowest BCUT2D eigenvalue weighted by Gasteiger charge is -2.22. The highest BCUT2D eigenvalue weighted by Crippen LogP contribution is 2.16.